The lowest BCUT2D eigenvalue weighted by Crippen LogP contribution is -2.16. The van der Waals surface area contributed by atoms with Gasteiger partial charge in [0.15, 0.2) is 4.34 Å². The lowest BCUT2D eigenvalue weighted by Gasteiger charge is -1.97. The van der Waals surface area contributed by atoms with Gasteiger partial charge in [0.1, 0.15) is 5.02 Å². The molecular formula is C19H13ClN4OS2. The van der Waals surface area contributed by atoms with Crippen molar-refractivity contribution in [1.82, 2.24) is 19.6 Å². The molecule has 0 aliphatic rings. The zero-order chi connectivity index (χ0) is 18.6. The molecule has 1 aromatic carbocycles. The molecule has 8 heteroatoms. The molecule has 0 fully saturated rings. The Morgan fingerprint density at radius 2 is 2.00 bits per heavy atom. The van der Waals surface area contributed by atoms with E-state index in [-0.39, 0.29) is 10.6 Å². The number of thioether (sulfide) groups is 1. The Morgan fingerprint density at radius 3 is 2.78 bits per heavy atom. The van der Waals surface area contributed by atoms with E-state index in [0.717, 1.165) is 15.7 Å². The Morgan fingerprint density at radius 1 is 1.15 bits per heavy atom. The molecule has 0 unspecified atom stereocenters. The van der Waals surface area contributed by atoms with Crippen LogP contribution in [0.2, 0.25) is 5.02 Å². The van der Waals surface area contributed by atoms with Gasteiger partial charge in [0.2, 0.25) is 4.96 Å². The van der Waals surface area contributed by atoms with Crippen LogP contribution in [0.1, 0.15) is 16.8 Å². The van der Waals surface area contributed by atoms with Crippen molar-refractivity contribution in [3.05, 3.63) is 87.1 Å². The van der Waals surface area contributed by atoms with E-state index in [0.29, 0.717) is 10.7 Å². The van der Waals surface area contributed by atoms with Crippen LogP contribution in [-0.4, -0.2) is 19.6 Å². The molecular weight excluding hydrogens is 400 g/mol. The summed E-state index contributed by atoms with van der Waals surface area (Å²) in [7, 11) is 0. The molecule has 0 bridgehead atoms. The lowest BCUT2D eigenvalue weighted by molar-refractivity contribution is 0.856. The highest BCUT2D eigenvalue weighted by Crippen LogP contribution is 2.27. The molecule has 0 amide bonds. The van der Waals surface area contributed by atoms with E-state index in [9.17, 15) is 4.79 Å². The van der Waals surface area contributed by atoms with Gasteiger partial charge in [-0.1, -0.05) is 77.2 Å². The molecule has 0 saturated carbocycles. The standard InChI is InChI=1S/C19H13ClN4OS2/c20-16-15(9-8-13-7-4-10-21-11-13)22-18-24(17(16)25)23-19(27-18)26-12-14-5-2-1-3-6-14/h1-11H,12H2/b9-8+. The summed E-state index contributed by atoms with van der Waals surface area (Å²) in [6.45, 7) is 0. The maximum atomic E-state index is 12.5. The second kappa shape index (κ2) is 8.04. The van der Waals surface area contributed by atoms with Crippen LogP contribution in [0.25, 0.3) is 17.1 Å². The fourth-order valence-corrected chi connectivity index (χ4v) is 4.44. The maximum Gasteiger partial charge on any atom is 0.294 e. The summed E-state index contributed by atoms with van der Waals surface area (Å²) >= 11 is 9.16. The monoisotopic (exact) mass is 412 g/mol. The number of nitrogens with zero attached hydrogens (tertiary/aromatic N) is 4. The van der Waals surface area contributed by atoms with E-state index in [1.54, 1.807) is 30.2 Å². The summed E-state index contributed by atoms with van der Waals surface area (Å²) in [5.74, 6) is 0.775. The summed E-state index contributed by atoms with van der Waals surface area (Å²) in [5, 5.41) is 4.41. The van der Waals surface area contributed by atoms with Crippen LogP contribution in [0.4, 0.5) is 0 Å². The van der Waals surface area contributed by atoms with E-state index in [1.165, 1.54) is 21.4 Å². The Balaban J connectivity index is 1.62. The highest BCUT2D eigenvalue weighted by molar-refractivity contribution is 8.00. The third-order valence-corrected chi connectivity index (χ3v) is 6.15. The Labute approximate surface area is 168 Å². The second-order valence-corrected chi connectivity index (χ2v) is 8.13. The maximum absolute atomic E-state index is 12.5. The van der Waals surface area contributed by atoms with Gasteiger partial charge in [-0.2, -0.15) is 4.52 Å². The first-order valence-corrected chi connectivity index (χ1v) is 10.2. The van der Waals surface area contributed by atoms with E-state index < -0.39 is 0 Å². The van der Waals surface area contributed by atoms with Crippen molar-refractivity contribution >= 4 is 51.8 Å². The third kappa shape index (κ3) is 4.10. The topological polar surface area (TPSA) is 60.2 Å². The van der Waals surface area contributed by atoms with Gasteiger partial charge in [0, 0.05) is 18.1 Å². The van der Waals surface area contributed by atoms with Gasteiger partial charge in [-0.3, -0.25) is 9.78 Å². The molecule has 0 spiro atoms. The van der Waals surface area contributed by atoms with Crippen molar-refractivity contribution in [3.8, 4) is 0 Å². The van der Waals surface area contributed by atoms with Crippen LogP contribution in [0.15, 0.2) is 64.0 Å². The van der Waals surface area contributed by atoms with Crippen LogP contribution >= 0.6 is 34.7 Å². The van der Waals surface area contributed by atoms with Crippen LogP contribution in [-0.2, 0) is 5.75 Å². The van der Waals surface area contributed by atoms with Gasteiger partial charge in [-0.25, -0.2) is 4.98 Å². The molecule has 3 heterocycles. The van der Waals surface area contributed by atoms with Gasteiger partial charge in [-0.15, -0.1) is 5.10 Å². The van der Waals surface area contributed by atoms with Gasteiger partial charge < -0.3 is 0 Å². The number of aromatic nitrogens is 4. The zero-order valence-corrected chi connectivity index (χ0v) is 16.3. The molecule has 4 rings (SSSR count). The highest BCUT2D eigenvalue weighted by Gasteiger charge is 2.13. The van der Waals surface area contributed by atoms with Gasteiger partial charge in [0.05, 0.1) is 5.69 Å². The van der Waals surface area contributed by atoms with Gasteiger partial charge in [0.25, 0.3) is 5.56 Å². The number of benzene rings is 1. The Bertz CT molecular complexity index is 1160. The van der Waals surface area contributed by atoms with E-state index in [1.807, 2.05) is 36.4 Å². The van der Waals surface area contributed by atoms with E-state index in [2.05, 4.69) is 27.2 Å². The van der Waals surface area contributed by atoms with Crippen molar-refractivity contribution in [2.24, 2.45) is 0 Å². The second-order valence-electron chi connectivity index (χ2n) is 5.57. The summed E-state index contributed by atoms with van der Waals surface area (Å²) in [6, 6.07) is 13.9. The van der Waals surface area contributed by atoms with Crippen molar-refractivity contribution < 1.29 is 0 Å². The molecule has 3 aromatic heterocycles. The van der Waals surface area contributed by atoms with E-state index >= 15 is 0 Å². The van der Waals surface area contributed by atoms with Crippen molar-refractivity contribution in [3.63, 3.8) is 0 Å². The first-order chi connectivity index (χ1) is 13.2. The summed E-state index contributed by atoms with van der Waals surface area (Å²) in [4.78, 5) is 21.6. The number of fused-ring (bicyclic) bond motifs is 1. The fourth-order valence-electron chi connectivity index (χ4n) is 2.36. The molecule has 0 aliphatic heterocycles. The van der Waals surface area contributed by atoms with Crippen molar-refractivity contribution in [2.75, 3.05) is 0 Å². The molecule has 27 heavy (non-hydrogen) atoms. The highest BCUT2D eigenvalue weighted by atomic mass is 35.5. The molecule has 134 valence electrons. The minimum atomic E-state index is -0.365. The van der Waals surface area contributed by atoms with Crippen molar-refractivity contribution in [2.45, 2.75) is 10.1 Å². The van der Waals surface area contributed by atoms with Crippen LogP contribution < -0.4 is 5.56 Å². The number of hydrogen-bond acceptors (Lipinski definition) is 6. The largest absolute Gasteiger partial charge is 0.294 e. The molecule has 0 N–H and O–H groups in total. The summed E-state index contributed by atoms with van der Waals surface area (Å²) in [6.07, 6.45) is 6.97. The van der Waals surface area contributed by atoms with Crippen LogP contribution in [0, 0.1) is 0 Å². The first kappa shape index (κ1) is 17.9. The summed E-state index contributed by atoms with van der Waals surface area (Å²) in [5.41, 5.74) is 2.16. The molecule has 0 radical (unpaired) electrons. The Hall–Kier alpha value is -2.48. The van der Waals surface area contributed by atoms with Crippen LogP contribution in [0.3, 0.4) is 0 Å². The predicted octanol–water partition coefficient (Wildman–Crippen LogP) is 4.66. The third-order valence-electron chi connectivity index (χ3n) is 3.69. The SMILES string of the molecule is O=c1c(Cl)c(/C=C/c2cccnc2)nc2sc(SCc3ccccc3)nn12. The Kier molecular flexibility index (Phi) is 5.33. The molecule has 0 saturated heterocycles. The van der Waals surface area contributed by atoms with Gasteiger partial charge in [-0.05, 0) is 23.3 Å². The smallest absolute Gasteiger partial charge is 0.266 e. The quantitative estimate of drug-likeness (QED) is 0.446. The first-order valence-electron chi connectivity index (χ1n) is 8.05. The normalized spacial score (nSPS) is 11.4. The number of pyridine rings is 1. The number of rotatable bonds is 5. The molecule has 4 aromatic rings. The zero-order valence-electron chi connectivity index (χ0n) is 13.9. The van der Waals surface area contributed by atoms with E-state index in [4.69, 9.17) is 11.6 Å². The van der Waals surface area contributed by atoms with Crippen molar-refractivity contribution in [1.29, 1.82) is 0 Å². The molecule has 5 nitrogen and oxygen atoms in total. The number of halogens is 1. The minimum absolute atomic E-state index is 0.0533. The predicted molar refractivity (Wildman–Crippen MR) is 111 cm³/mol. The minimum Gasteiger partial charge on any atom is -0.266 e. The molecule has 0 atom stereocenters. The number of hydrogen-bond donors (Lipinski definition) is 0. The fraction of sp³-hybridized carbons (Fsp3) is 0.0526. The molecule has 0 aliphatic carbocycles. The van der Waals surface area contributed by atoms with Crippen LogP contribution in [0.5, 0.6) is 0 Å². The summed E-state index contributed by atoms with van der Waals surface area (Å²) < 4.78 is 2.04. The lowest BCUT2D eigenvalue weighted by atomic mass is 10.2. The average molecular weight is 413 g/mol. The van der Waals surface area contributed by atoms with Gasteiger partial charge >= 0.3 is 0 Å². The average Bonchev–Trinajstić information content (AvgIpc) is 3.13.